The van der Waals surface area contributed by atoms with Crippen molar-refractivity contribution >= 4 is 11.7 Å². The summed E-state index contributed by atoms with van der Waals surface area (Å²) in [5.74, 6) is 0. The number of rotatable bonds is 5. The highest BCUT2D eigenvalue weighted by molar-refractivity contribution is 5.73. The van der Waals surface area contributed by atoms with Crippen LogP contribution in [-0.4, -0.2) is 20.1 Å². The van der Waals surface area contributed by atoms with Crippen LogP contribution in [0.25, 0.3) is 0 Å². The minimum Gasteiger partial charge on any atom is -0.378 e. The molecule has 0 saturated carbocycles. The van der Waals surface area contributed by atoms with Crippen molar-refractivity contribution in [2.45, 2.75) is 19.3 Å². The van der Waals surface area contributed by atoms with Gasteiger partial charge in [0.1, 0.15) is 0 Å². The van der Waals surface area contributed by atoms with E-state index in [1.807, 2.05) is 43.3 Å². The number of hydrogen-bond acceptors (Lipinski definition) is 2. The van der Waals surface area contributed by atoms with Crippen LogP contribution in [0.2, 0.25) is 0 Å². The van der Waals surface area contributed by atoms with Gasteiger partial charge in [0.25, 0.3) is 0 Å². The molecule has 0 aliphatic heterocycles. The van der Waals surface area contributed by atoms with Gasteiger partial charge < -0.3 is 15.5 Å². The Kier molecular flexibility index (Phi) is 5.90. The van der Waals surface area contributed by atoms with E-state index >= 15 is 0 Å². The summed E-state index contributed by atoms with van der Waals surface area (Å²) in [7, 11) is 3.85. The molecule has 7 heteroatoms. The lowest BCUT2D eigenvalue weighted by atomic mass is 10.1. The molecule has 0 atom stereocenters. The molecular formula is C18H20F3N3O. The van der Waals surface area contributed by atoms with Crippen LogP contribution in [0, 0.1) is 0 Å². The summed E-state index contributed by atoms with van der Waals surface area (Å²) in [5.41, 5.74) is 1.61. The smallest absolute Gasteiger partial charge is 0.378 e. The Morgan fingerprint density at radius 3 is 2.08 bits per heavy atom. The van der Waals surface area contributed by atoms with Gasteiger partial charge in [-0.25, -0.2) is 4.79 Å². The SMILES string of the molecule is CN(C)c1cccc(CNC(=O)NCc2cccc(C(F)(F)F)c2)c1. The van der Waals surface area contributed by atoms with Crippen molar-refractivity contribution < 1.29 is 18.0 Å². The maximum Gasteiger partial charge on any atom is 0.416 e. The van der Waals surface area contributed by atoms with Crippen LogP contribution >= 0.6 is 0 Å². The first-order chi connectivity index (χ1) is 11.8. The summed E-state index contributed by atoms with van der Waals surface area (Å²) in [6.45, 7) is 0.351. The van der Waals surface area contributed by atoms with Gasteiger partial charge in [-0.1, -0.05) is 24.3 Å². The Bertz CT molecular complexity index is 730. The molecule has 2 amide bonds. The van der Waals surface area contributed by atoms with Crippen molar-refractivity contribution in [3.8, 4) is 0 Å². The first kappa shape index (κ1) is 18.6. The third kappa shape index (κ3) is 5.70. The zero-order chi connectivity index (χ0) is 18.4. The van der Waals surface area contributed by atoms with E-state index in [-0.39, 0.29) is 6.54 Å². The first-order valence-electron chi connectivity index (χ1n) is 7.70. The first-order valence-corrected chi connectivity index (χ1v) is 7.70. The van der Waals surface area contributed by atoms with E-state index in [2.05, 4.69) is 10.6 Å². The van der Waals surface area contributed by atoms with E-state index in [0.717, 1.165) is 23.4 Å². The van der Waals surface area contributed by atoms with Crippen LogP contribution in [0.1, 0.15) is 16.7 Å². The van der Waals surface area contributed by atoms with Crippen molar-refractivity contribution in [2.24, 2.45) is 0 Å². The summed E-state index contributed by atoms with van der Waals surface area (Å²) in [5, 5.41) is 5.25. The molecule has 134 valence electrons. The normalized spacial score (nSPS) is 11.1. The number of nitrogens with zero attached hydrogens (tertiary/aromatic N) is 1. The molecule has 4 nitrogen and oxygen atoms in total. The average molecular weight is 351 g/mol. The standard InChI is InChI=1S/C18H20F3N3O/c1-24(2)16-8-4-6-14(10-16)12-23-17(25)22-11-13-5-3-7-15(9-13)18(19,20)21/h3-10H,11-12H2,1-2H3,(H2,22,23,25). The summed E-state index contributed by atoms with van der Waals surface area (Å²) >= 11 is 0. The fourth-order valence-electron chi connectivity index (χ4n) is 2.23. The number of carbonyl (C=O) groups excluding carboxylic acids is 1. The van der Waals surface area contributed by atoms with Gasteiger partial charge in [0.2, 0.25) is 0 Å². The van der Waals surface area contributed by atoms with E-state index in [4.69, 9.17) is 0 Å². The Morgan fingerprint density at radius 2 is 1.52 bits per heavy atom. The summed E-state index contributed by atoms with van der Waals surface area (Å²) in [4.78, 5) is 13.8. The van der Waals surface area contributed by atoms with Crippen LogP contribution in [0.4, 0.5) is 23.7 Å². The summed E-state index contributed by atoms with van der Waals surface area (Å²) < 4.78 is 38.0. The molecule has 0 aromatic heterocycles. The van der Waals surface area contributed by atoms with Gasteiger partial charge in [0.15, 0.2) is 0 Å². The molecule has 0 bridgehead atoms. The van der Waals surface area contributed by atoms with Crippen LogP contribution < -0.4 is 15.5 Å². The zero-order valence-electron chi connectivity index (χ0n) is 14.0. The number of urea groups is 1. The number of amides is 2. The molecule has 0 heterocycles. The highest BCUT2D eigenvalue weighted by Gasteiger charge is 2.30. The van der Waals surface area contributed by atoms with Crippen LogP contribution in [0.15, 0.2) is 48.5 Å². The van der Waals surface area contributed by atoms with Crippen molar-refractivity contribution in [1.82, 2.24) is 10.6 Å². The Hall–Kier alpha value is -2.70. The molecule has 0 spiro atoms. The molecule has 25 heavy (non-hydrogen) atoms. The molecule has 0 unspecified atom stereocenters. The van der Waals surface area contributed by atoms with Crippen LogP contribution in [-0.2, 0) is 19.3 Å². The number of anilines is 1. The molecule has 2 aromatic rings. The van der Waals surface area contributed by atoms with Gasteiger partial charge in [-0.3, -0.25) is 0 Å². The Labute approximate surface area is 144 Å². The summed E-state index contributed by atoms with van der Waals surface area (Å²) in [6, 6.07) is 12.1. The van der Waals surface area contributed by atoms with Crippen LogP contribution in [0.3, 0.4) is 0 Å². The fourth-order valence-corrected chi connectivity index (χ4v) is 2.23. The molecular weight excluding hydrogens is 331 g/mol. The number of halogens is 3. The zero-order valence-corrected chi connectivity index (χ0v) is 14.0. The molecule has 0 radical (unpaired) electrons. The highest BCUT2D eigenvalue weighted by atomic mass is 19.4. The largest absolute Gasteiger partial charge is 0.416 e. The van der Waals surface area contributed by atoms with Gasteiger partial charge in [-0.15, -0.1) is 0 Å². The number of benzene rings is 2. The molecule has 0 fully saturated rings. The summed E-state index contributed by atoms with van der Waals surface area (Å²) in [6.07, 6.45) is -4.39. The molecule has 0 aliphatic carbocycles. The maximum atomic E-state index is 12.7. The van der Waals surface area contributed by atoms with Crippen molar-refractivity contribution in [3.05, 3.63) is 65.2 Å². The number of nitrogens with one attached hydrogen (secondary N) is 2. The van der Waals surface area contributed by atoms with E-state index in [1.165, 1.54) is 12.1 Å². The lowest BCUT2D eigenvalue weighted by Crippen LogP contribution is -2.34. The van der Waals surface area contributed by atoms with Crippen molar-refractivity contribution in [1.29, 1.82) is 0 Å². The van der Waals surface area contributed by atoms with Gasteiger partial charge in [-0.2, -0.15) is 13.2 Å². The van der Waals surface area contributed by atoms with E-state index < -0.39 is 17.8 Å². The van der Waals surface area contributed by atoms with Crippen molar-refractivity contribution in [3.63, 3.8) is 0 Å². The van der Waals surface area contributed by atoms with Crippen LogP contribution in [0.5, 0.6) is 0 Å². The molecule has 0 saturated heterocycles. The predicted molar refractivity (Wildman–Crippen MR) is 91.3 cm³/mol. The van der Waals surface area contributed by atoms with Gasteiger partial charge in [0.05, 0.1) is 5.56 Å². The number of hydrogen-bond donors (Lipinski definition) is 2. The topological polar surface area (TPSA) is 44.4 Å². The van der Waals surface area contributed by atoms with E-state index in [0.29, 0.717) is 12.1 Å². The number of carbonyl (C=O) groups is 1. The monoisotopic (exact) mass is 351 g/mol. The quantitative estimate of drug-likeness (QED) is 0.861. The average Bonchev–Trinajstić information content (AvgIpc) is 2.58. The van der Waals surface area contributed by atoms with Gasteiger partial charge in [-0.05, 0) is 35.4 Å². The molecule has 2 aromatic carbocycles. The third-order valence-electron chi connectivity index (χ3n) is 3.59. The van der Waals surface area contributed by atoms with Gasteiger partial charge >= 0.3 is 12.2 Å². The molecule has 2 N–H and O–H groups in total. The Balaban J connectivity index is 1.86. The molecule has 0 aliphatic rings. The van der Waals surface area contributed by atoms with E-state index in [1.54, 1.807) is 0 Å². The minimum absolute atomic E-state index is 0.0213. The lowest BCUT2D eigenvalue weighted by molar-refractivity contribution is -0.137. The van der Waals surface area contributed by atoms with Gasteiger partial charge in [0, 0.05) is 32.9 Å². The second-order valence-corrected chi connectivity index (χ2v) is 5.80. The predicted octanol–water partition coefficient (Wildman–Crippen LogP) is 3.77. The molecule has 2 rings (SSSR count). The maximum absolute atomic E-state index is 12.7. The second-order valence-electron chi connectivity index (χ2n) is 5.80. The second kappa shape index (κ2) is 7.92. The number of alkyl halides is 3. The van der Waals surface area contributed by atoms with E-state index in [9.17, 15) is 18.0 Å². The fraction of sp³-hybridized carbons (Fsp3) is 0.278. The van der Waals surface area contributed by atoms with Crippen molar-refractivity contribution in [2.75, 3.05) is 19.0 Å². The third-order valence-corrected chi connectivity index (χ3v) is 3.59. The lowest BCUT2D eigenvalue weighted by Gasteiger charge is -2.14. The Morgan fingerprint density at radius 1 is 0.960 bits per heavy atom. The minimum atomic E-state index is -4.39. The highest BCUT2D eigenvalue weighted by Crippen LogP contribution is 2.29.